The van der Waals surface area contributed by atoms with Crippen LogP contribution in [0.15, 0.2) is 35.4 Å². The first-order valence-corrected chi connectivity index (χ1v) is 6.37. The molecule has 0 radical (unpaired) electrons. The van der Waals surface area contributed by atoms with E-state index in [9.17, 15) is 4.79 Å². The average molecular weight is 244 g/mol. The molecule has 1 aromatic rings. The Morgan fingerprint density at radius 3 is 2.50 bits per heavy atom. The minimum atomic E-state index is -0.199. The molecule has 1 aromatic carbocycles. The number of Topliss-reactive ketones (excluding diaryl/α,β-unsaturated/α-hetero) is 1. The molecule has 2 rings (SSSR count). The highest BCUT2D eigenvalue weighted by Crippen LogP contribution is 2.25. The van der Waals surface area contributed by atoms with Gasteiger partial charge in [0.15, 0.2) is 5.78 Å². The smallest absolute Gasteiger partial charge is 0.180 e. The summed E-state index contributed by atoms with van der Waals surface area (Å²) in [6.07, 6.45) is 0.535. The molecule has 0 aliphatic carbocycles. The number of hydrazone groups is 1. The van der Waals surface area contributed by atoms with Crippen LogP contribution >= 0.6 is 0 Å². The van der Waals surface area contributed by atoms with Crippen LogP contribution in [0.2, 0.25) is 0 Å². The Bertz CT molecular complexity index is 457. The van der Waals surface area contributed by atoms with E-state index in [2.05, 4.69) is 22.7 Å². The van der Waals surface area contributed by atoms with Gasteiger partial charge in [0.2, 0.25) is 0 Å². The number of benzene rings is 1. The summed E-state index contributed by atoms with van der Waals surface area (Å²) in [5.41, 5.74) is 4.70. The van der Waals surface area contributed by atoms with Gasteiger partial charge in [-0.25, -0.2) is 0 Å². The summed E-state index contributed by atoms with van der Waals surface area (Å²) in [6.45, 7) is 6.78. The molecule has 3 heteroatoms. The lowest BCUT2D eigenvalue weighted by Crippen LogP contribution is -2.29. The van der Waals surface area contributed by atoms with Crippen molar-refractivity contribution in [3.8, 4) is 0 Å². The Kier molecular flexibility index (Phi) is 3.50. The number of hydrogen-bond donors (Lipinski definition) is 1. The molecular weight excluding hydrogens is 224 g/mol. The fourth-order valence-electron chi connectivity index (χ4n) is 2.24. The second-order valence-electron chi connectivity index (χ2n) is 5.81. The third kappa shape index (κ3) is 2.78. The first-order chi connectivity index (χ1) is 8.48. The van der Waals surface area contributed by atoms with Crippen molar-refractivity contribution in [2.24, 2.45) is 10.5 Å². The fraction of sp³-hybridized carbons (Fsp3) is 0.467. The summed E-state index contributed by atoms with van der Waals surface area (Å²) in [4.78, 5) is 12.3. The van der Waals surface area contributed by atoms with Crippen molar-refractivity contribution >= 4 is 11.5 Å². The zero-order chi connectivity index (χ0) is 13.2. The molecule has 18 heavy (non-hydrogen) atoms. The Balaban J connectivity index is 2.18. The van der Waals surface area contributed by atoms with Crippen molar-refractivity contribution in [2.75, 3.05) is 6.54 Å². The van der Waals surface area contributed by atoms with Gasteiger partial charge in [-0.2, -0.15) is 5.10 Å². The molecule has 1 unspecified atom stereocenters. The number of ketones is 1. The van der Waals surface area contributed by atoms with Crippen molar-refractivity contribution in [3.63, 3.8) is 0 Å². The first-order valence-electron chi connectivity index (χ1n) is 6.37. The van der Waals surface area contributed by atoms with Gasteiger partial charge < -0.3 is 5.43 Å². The van der Waals surface area contributed by atoms with Crippen molar-refractivity contribution in [3.05, 3.63) is 35.9 Å². The summed E-state index contributed by atoms with van der Waals surface area (Å²) in [5.74, 6) is 0.364. The second-order valence-corrected chi connectivity index (χ2v) is 5.81. The number of nitrogens with zero attached hydrogens (tertiary/aromatic N) is 1. The molecule has 0 saturated carbocycles. The Hall–Kier alpha value is -1.64. The standard InChI is InChI=1S/C15H20N2O/c1-15(2,3)14-13(18)9-12(10-16-17-14)11-7-5-4-6-8-11/h4-8,12,16H,9-10H2,1-3H3. The SMILES string of the molecule is CC(C)(C)C1=NNCC(c2ccccc2)CC1=O. The highest BCUT2D eigenvalue weighted by Gasteiger charge is 2.30. The average Bonchev–Trinajstić information content (AvgIpc) is 2.51. The summed E-state index contributed by atoms with van der Waals surface area (Å²) < 4.78 is 0. The molecule has 96 valence electrons. The normalized spacial score (nSPS) is 20.9. The van der Waals surface area contributed by atoms with Crippen LogP contribution in [0.25, 0.3) is 0 Å². The van der Waals surface area contributed by atoms with Gasteiger partial charge in [-0.15, -0.1) is 0 Å². The Morgan fingerprint density at radius 1 is 1.22 bits per heavy atom. The molecule has 3 nitrogen and oxygen atoms in total. The van der Waals surface area contributed by atoms with Crippen molar-refractivity contribution in [2.45, 2.75) is 33.1 Å². The van der Waals surface area contributed by atoms with E-state index in [-0.39, 0.29) is 17.1 Å². The van der Waals surface area contributed by atoms with E-state index in [1.165, 1.54) is 5.56 Å². The van der Waals surface area contributed by atoms with Gasteiger partial charge in [-0.1, -0.05) is 51.1 Å². The largest absolute Gasteiger partial charge is 0.309 e. The molecule has 0 amide bonds. The van der Waals surface area contributed by atoms with Crippen molar-refractivity contribution in [1.82, 2.24) is 5.43 Å². The molecule has 0 bridgehead atoms. The molecule has 0 fully saturated rings. The summed E-state index contributed by atoms with van der Waals surface area (Å²) in [6, 6.07) is 10.2. The predicted molar refractivity (Wildman–Crippen MR) is 73.7 cm³/mol. The minimum Gasteiger partial charge on any atom is -0.309 e. The number of rotatable bonds is 1. The maximum absolute atomic E-state index is 12.3. The molecule has 1 aliphatic rings. The number of nitrogens with one attached hydrogen (secondary N) is 1. The molecule has 1 N–H and O–H groups in total. The maximum Gasteiger partial charge on any atom is 0.180 e. The highest BCUT2D eigenvalue weighted by molar-refractivity contribution is 6.41. The van der Waals surface area contributed by atoms with Gasteiger partial charge >= 0.3 is 0 Å². The molecule has 0 saturated heterocycles. The lowest BCUT2D eigenvalue weighted by Gasteiger charge is -2.19. The lowest BCUT2D eigenvalue weighted by molar-refractivity contribution is -0.113. The highest BCUT2D eigenvalue weighted by atomic mass is 16.1. The summed E-state index contributed by atoms with van der Waals surface area (Å²) in [5, 5.41) is 4.27. The fourth-order valence-corrected chi connectivity index (χ4v) is 2.24. The van der Waals surface area contributed by atoms with Crippen LogP contribution in [0.3, 0.4) is 0 Å². The van der Waals surface area contributed by atoms with Crippen LogP contribution in [0.4, 0.5) is 0 Å². The number of carbonyl (C=O) groups is 1. The second kappa shape index (κ2) is 4.92. The van der Waals surface area contributed by atoms with Crippen molar-refractivity contribution in [1.29, 1.82) is 0 Å². The quantitative estimate of drug-likeness (QED) is 0.825. The number of hydrogen-bond acceptors (Lipinski definition) is 3. The zero-order valence-corrected chi connectivity index (χ0v) is 11.2. The zero-order valence-electron chi connectivity index (χ0n) is 11.2. The van der Waals surface area contributed by atoms with E-state index >= 15 is 0 Å². The third-order valence-corrected chi connectivity index (χ3v) is 3.21. The van der Waals surface area contributed by atoms with E-state index in [1.54, 1.807) is 0 Å². The van der Waals surface area contributed by atoms with E-state index in [0.29, 0.717) is 12.1 Å². The van der Waals surface area contributed by atoms with Gasteiger partial charge in [0, 0.05) is 24.3 Å². The van der Waals surface area contributed by atoms with Gasteiger partial charge in [0.1, 0.15) is 5.71 Å². The van der Waals surface area contributed by atoms with Crippen LogP contribution in [-0.4, -0.2) is 18.0 Å². The molecule has 0 aromatic heterocycles. The summed E-state index contributed by atoms with van der Waals surface area (Å²) in [7, 11) is 0. The van der Waals surface area contributed by atoms with Gasteiger partial charge in [-0.3, -0.25) is 4.79 Å². The van der Waals surface area contributed by atoms with E-state index in [0.717, 1.165) is 6.54 Å². The van der Waals surface area contributed by atoms with Gasteiger partial charge in [0.05, 0.1) is 0 Å². The Labute approximate surface area is 108 Å². The van der Waals surface area contributed by atoms with Crippen LogP contribution in [-0.2, 0) is 4.79 Å². The van der Waals surface area contributed by atoms with E-state index < -0.39 is 0 Å². The monoisotopic (exact) mass is 244 g/mol. The van der Waals surface area contributed by atoms with Crippen LogP contribution < -0.4 is 5.43 Å². The van der Waals surface area contributed by atoms with E-state index in [1.807, 2.05) is 39.0 Å². The third-order valence-electron chi connectivity index (χ3n) is 3.21. The Morgan fingerprint density at radius 2 is 1.89 bits per heavy atom. The maximum atomic E-state index is 12.3. The van der Waals surface area contributed by atoms with E-state index in [4.69, 9.17) is 0 Å². The molecule has 1 heterocycles. The molecule has 1 aliphatic heterocycles. The molecule has 0 spiro atoms. The van der Waals surface area contributed by atoms with Gasteiger partial charge in [-0.05, 0) is 5.56 Å². The van der Waals surface area contributed by atoms with Crippen LogP contribution in [0.1, 0.15) is 38.7 Å². The lowest BCUT2D eigenvalue weighted by atomic mass is 9.84. The van der Waals surface area contributed by atoms with Crippen LogP contribution in [0, 0.1) is 5.41 Å². The predicted octanol–water partition coefficient (Wildman–Crippen LogP) is 2.73. The van der Waals surface area contributed by atoms with Crippen molar-refractivity contribution < 1.29 is 4.79 Å². The van der Waals surface area contributed by atoms with Crippen LogP contribution in [0.5, 0.6) is 0 Å². The minimum absolute atomic E-state index is 0.154. The van der Waals surface area contributed by atoms with Gasteiger partial charge in [0.25, 0.3) is 0 Å². The summed E-state index contributed by atoms with van der Waals surface area (Å²) >= 11 is 0. The molecule has 1 atom stereocenters. The number of carbonyl (C=O) groups excluding carboxylic acids is 1. The first kappa shape index (κ1) is 12.8. The molecular formula is C15H20N2O. The topological polar surface area (TPSA) is 41.5 Å².